The molecule has 0 radical (unpaired) electrons. The fourth-order valence-corrected chi connectivity index (χ4v) is 1.91. The third-order valence-corrected chi connectivity index (χ3v) is 2.74. The highest BCUT2D eigenvalue weighted by Crippen LogP contribution is 2.40. The van der Waals surface area contributed by atoms with Gasteiger partial charge in [0.25, 0.3) is 0 Å². The average molecular weight is 267 g/mol. The minimum atomic E-state index is -0.882. The number of aliphatic carboxylic acids is 1. The number of aryl methyl sites for hydroxylation is 1. The molecular formula is C12H13NO6. The number of ether oxygens (including phenoxy) is 2. The van der Waals surface area contributed by atoms with Crippen LogP contribution in [0.15, 0.2) is 12.1 Å². The Balaban J connectivity index is 2.23. The zero-order valence-corrected chi connectivity index (χ0v) is 10.1. The Bertz CT molecular complexity index is 513. The highest BCUT2D eigenvalue weighted by atomic mass is 16.6. The van der Waals surface area contributed by atoms with Crippen LogP contribution < -0.4 is 9.47 Å². The summed E-state index contributed by atoms with van der Waals surface area (Å²) in [4.78, 5) is 20.9. The minimum Gasteiger partial charge on any atom is -0.486 e. The van der Waals surface area contributed by atoms with Gasteiger partial charge in [-0.2, -0.15) is 0 Å². The molecule has 0 aliphatic carbocycles. The van der Waals surface area contributed by atoms with Crippen LogP contribution in [0.3, 0.4) is 0 Å². The van der Waals surface area contributed by atoms with Gasteiger partial charge in [0.1, 0.15) is 13.2 Å². The number of carboxylic acid groups (broad SMARTS) is 1. The van der Waals surface area contributed by atoms with E-state index in [-0.39, 0.29) is 24.5 Å². The quantitative estimate of drug-likeness (QED) is 0.644. The number of hydrogen-bond acceptors (Lipinski definition) is 5. The summed E-state index contributed by atoms with van der Waals surface area (Å²) in [5.41, 5.74) is 0.541. The van der Waals surface area contributed by atoms with Crippen molar-refractivity contribution in [3.05, 3.63) is 27.8 Å². The van der Waals surface area contributed by atoms with Crippen LogP contribution in [0.4, 0.5) is 5.69 Å². The Morgan fingerprint density at radius 3 is 2.79 bits per heavy atom. The summed E-state index contributed by atoms with van der Waals surface area (Å²) in [6, 6.07) is 3.08. The van der Waals surface area contributed by atoms with Gasteiger partial charge in [-0.25, -0.2) is 0 Å². The van der Waals surface area contributed by atoms with Gasteiger partial charge >= 0.3 is 11.7 Å². The van der Waals surface area contributed by atoms with E-state index >= 15 is 0 Å². The smallest absolute Gasteiger partial charge is 0.315 e. The van der Waals surface area contributed by atoms with Crippen LogP contribution >= 0.6 is 0 Å². The summed E-state index contributed by atoms with van der Waals surface area (Å²) in [7, 11) is 0. The number of hydrogen-bond donors (Lipinski definition) is 1. The van der Waals surface area contributed by atoms with Gasteiger partial charge in [0.15, 0.2) is 5.75 Å². The van der Waals surface area contributed by atoms with E-state index in [0.717, 1.165) is 0 Å². The van der Waals surface area contributed by atoms with Crippen LogP contribution in [0, 0.1) is 10.1 Å². The highest BCUT2D eigenvalue weighted by Gasteiger charge is 2.25. The van der Waals surface area contributed by atoms with Crippen molar-refractivity contribution in [1.82, 2.24) is 0 Å². The van der Waals surface area contributed by atoms with Gasteiger partial charge < -0.3 is 14.6 Å². The number of nitro groups is 1. The van der Waals surface area contributed by atoms with Crippen molar-refractivity contribution in [2.24, 2.45) is 0 Å². The monoisotopic (exact) mass is 267 g/mol. The Kier molecular flexibility index (Phi) is 3.84. The van der Waals surface area contributed by atoms with E-state index in [1.54, 1.807) is 6.07 Å². The predicted octanol–water partition coefficient (Wildman–Crippen LogP) is 1.77. The molecular weight excluding hydrogens is 254 g/mol. The van der Waals surface area contributed by atoms with Crippen molar-refractivity contribution >= 4 is 11.7 Å². The summed E-state index contributed by atoms with van der Waals surface area (Å²) in [6.07, 6.45) is 0.901. The second kappa shape index (κ2) is 5.55. The molecule has 0 saturated heterocycles. The lowest BCUT2D eigenvalue weighted by atomic mass is 10.1. The van der Waals surface area contributed by atoms with Crippen molar-refractivity contribution in [2.45, 2.75) is 19.3 Å². The molecule has 102 valence electrons. The lowest BCUT2D eigenvalue weighted by Crippen LogP contribution is -2.16. The normalized spacial score (nSPS) is 13.1. The van der Waals surface area contributed by atoms with Gasteiger partial charge in [0.05, 0.1) is 4.92 Å². The summed E-state index contributed by atoms with van der Waals surface area (Å²) in [5.74, 6) is -0.379. The van der Waals surface area contributed by atoms with E-state index in [0.29, 0.717) is 30.8 Å². The zero-order valence-electron chi connectivity index (χ0n) is 10.1. The maximum atomic E-state index is 11.0. The van der Waals surface area contributed by atoms with Crippen LogP contribution in [0.1, 0.15) is 18.4 Å². The molecule has 0 amide bonds. The van der Waals surface area contributed by atoms with Gasteiger partial charge in [-0.3, -0.25) is 14.9 Å². The molecule has 0 unspecified atom stereocenters. The average Bonchev–Trinajstić information content (AvgIpc) is 2.37. The molecule has 0 saturated carbocycles. The Labute approximate surface area is 108 Å². The van der Waals surface area contributed by atoms with Gasteiger partial charge in [0, 0.05) is 12.5 Å². The third kappa shape index (κ3) is 3.12. The maximum Gasteiger partial charge on any atom is 0.315 e. The zero-order chi connectivity index (χ0) is 13.8. The van der Waals surface area contributed by atoms with E-state index < -0.39 is 10.9 Å². The third-order valence-electron chi connectivity index (χ3n) is 2.74. The van der Waals surface area contributed by atoms with E-state index in [4.69, 9.17) is 14.6 Å². The lowest BCUT2D eigenvalue weighted by Gasteiger charge is -2.18. The van der Waals surface area contributed by atoms with Crippen LogP contribution in [-0.4, -0.2) is 29.2 Å². The predicted molar refractivity (Wildman–Crippen MR) is 64.7 cm³/mol. The molecule has 1 heterocycles. The van der Waals surface area contributed by atoms with E-state index in [9.17, 15) is 14.9 Å². The van der Waals surface area contributed by atoms with Crippen LogP contribution in [0.5, 0.6) is 11.5 Å². The second-order valence-corrected chi connectivity index (χ2v) is 4.14. The summed E-state index contributed by atoms with van der Waals surface area (Å²) >= 11 is 0. The van der Waals surface area contributed by atoms with Crippen LogP contribution in [0.25, 0.3) is 0 Å². The molecule has 7 nitrogen and oxygen atoms in total. The molecule has 0 fully saturated rings. The molecule has 0 spiro atoms. The van der Waals surface area contributed by atoms with Crippen molar-refractivity contribution in [2.75, 3.05) is 13.2 Å². The molecule has 19 heavy (non-hydrogen) atoms. The summed E-state index contributed by atoms with van der Waals surface area (Å²) in [5, 5.41) is 19.6. The number of carbonyl (C=O) groups is 1. The molecule has 2 rings (SSSR count). The van der Waals surface area contributed by atoms with Crippen molar-refractivity contribution in [1.29, 1.82) is 0 Å². The van der Waals surface area contributed by atoms with Crippen molar-refractivity contribution in [3.63, 3.8) is 0 Å². The number of nitrogens with zero attached hydrogens (tertiary/aromatic N) is 1. The number of benzene rings is 1. The van der Waals surface area contributed by atoms with E-state index in [1.807, 2.05) is 0 Å². The first-order chi connectivity index (χ1) is 9.08. The molecule has 7 heteroatoms. The Hall–Kier alpha value is -2.31. The lowest BCUT2D eigenvalue weighted by molar-refractivity contribution is -0.386. The molecule has 1 aliphatic rings. The number of rotatable bonds is 5. The largest absolute Gasteiger partial charge is 0.486 e. The number of carboxylic acids is 1. The molecule has 0 bridgehead atoms. The maximum absolute atomic E-state index is 11.0. The summed E-state index contributed by atoms with van der Waals surface area (Å²) < 4.78 is 10.6. The fourth-order valence-electron chi connectivity index (χ4n) is 1.91. The van der Waals surface area contributed by atoms with Gasteiger partial charge in [-0.1, -0.05) is 0 Å². The molecule has 1 aromatic carbocycles. The first kappa shape index (κ1) is 13.1. The first-order valence-electron chi connectivity index (χ1n) is 5.86. The molecule has 1 N–H and O–H groups in total. The van der Waals surface area contributed by atoms with Crippen LogP contribution in [0.2, 0.25) is 0 Å². The second-order valence-electron chi connectivity index (χ2n) is 4.14. The molecule has 1 aliphatic heterocycles. The van der Waals surface area contributed by atoms with E-state index in [1.165, 1.54) is 6.07 Å². The van der Waals surface area contributed by atoms with Gasteiger partial charge in [-0.15, -0.1) is 0 Å². The summed E-state index contributed by atoms with van der Waals surface area (Å²) in [6.45, 7) is 0.634. The van der Waals surface area contributed by atoms with E-state index in [2.05, 4.69) is 0 Å². The van der Waals surface area contributed by atoms with Crippen molar-refractivity contribution in [3.8, 4) is 11.5 Å². The standard InChI is InChI=1S/C12H13NO6/c14-11(15)3-1-2-8-6-9(13(16)17)12-10(7-8)18-4-5-19-12/h6-7H,1-5H2,(H,14,15). The number of nitro benzene ring substituents is 1. The van der Waals surface area contributed by atoms with Crippen LogP contribution in [-0.2, 0) is 11.2 Å². The van der Waals surface area contributed by atoms with Gasteiger partial charge in [-0.05, 0) is 24.5 Å². The Morgan fingerprint density at radius 2 is 2.11 bits per heavy atom. The topological polar surface area (TPSA) is 98.9 Å². The minimum absolute atomic E-state index is 0.0300. The molecule has 0 atom stereocenters. The molecule has 0 aromatic heterocycles. The fraction of sp³-hybridized carbons (Fsp3) is 0.417. The number of fused-ring (bicyclic) bond motifs is 1. The molecule has 1 aromatic rings. The van der Waals surface area contributed by atoms with Gasteiger partial charge in [0.2, 0.25) is 5.75 Å². The van der Waals surface area contributed by atoms with Crippen molar-refractivity contribution < 1.29 is 24.3 Å². The highest BCUT2D eigenvalue weighted by molar-refractivity contribution is 5.66. The first-order valence-corrected chi connectivity index (χ1v) is 5.86. The Morgan fingerprint density at radius 1 is 1.37 bits per heavy atom. The SMILES string of the molecule is O=C(O)CCCc1cc2c(c([N+](=O)[O-])c1)OCCO2.